The summed E-state index contributed by atoms with van der Waals surface area (Å²) in [5.41, 5.74) is 9.05. The second-order valence-electron chi connectivity index (χ2n) is 8.55. The van der Waals surface area contributed by atoms with Gasteiger partial charge in [-0.05, 0) is 48.9 Å². The van der Waals surface area contributed by atoms with Crippen molar-refractivity contribution >= 4 is 5.65 Å². The third-order valence-corrected chi connectivity index (χ3v) is 5.83. The molecule has 4 heterocycles. The maximum atomic E-state index is 4.68. The Kier molecular flexibility index (Phi) is 5.11. The van der Waals surface area contributed by atoms with Crippen LogP contribution in [0.2, 0.25) is 0 Å². The Balaban J connectivity index is 1.36. The number of tetrazole rings is 1. The number of pyridine rings is 1. The van der Waals surface area contributed by atoms with Gasteiger partial charge in [0.2, 0.25) is 5.82 Å². The fourth-order valence-corrected chi connectivity index (χ4v) is 4.32. The molecule has 6 aromatic rings. The zero-order chi connectivity index (χ0) is 23.8. The van der Waals surface area contributed by atoms with Crippen LogP contribution < -0.4 is 0 Å². The highest BCUT2D eigenvalue weighted by molar-refractivity contribution is 5.80. The Morgan fingerprint density at radius 3 is 2.46 bits per heavy atom. The zero-order valence-electron chi connectivity index (χ0n) is 19.4. The van der Waals surface area contributed by atoms with Gasteiger partial charge in [0, 0.05) is 29.1 Å². The monoisotopic (exact) mass is 458 g/mol. The van der Waals surface area contributed by atoms with E-state index >= 15 is 0 Å². The molecule has 35 heavy (non-hydrogen) atoms. The smallest absolute Gasteiger partial charge is 0.204 e. The Labute approximate surface area is 201 Å². The summed E-state index contributed by atoms with van der Waals surface area (Å²) in [5.74, 6) is 0.560. The number of nitrogens with zero attached hydrogens (tertiary/aromatic N) is 8. The van der Waals surface area contributed by atoms with Crippen molar-refractivity contribution in [3.63, 3.8) is 0 Å². The van der Waals surface area contributed by atoms with Crippen LogP contribution in [0.25, 0.3) is 39.4 Å². The highest BCUT2D eigenvalue weighted by Gasteiger charge is 2.14. The maximum absolute atomic E-state index is 4.68. The lowest BCUT2D eigenvalue weighted by Crippen LogP contribution is -2.05. The van der Waals surface area contributed by atoms with Gasteiger partial charge in [-0.3, -0.25) is 4.98 Å². The van der Waals surface area contributed by atoms with E-state index in [9.17, 15) is 0 Å². The van der Waals surface area contributed by atoms with Gasteiger partial charge in [-0.2, -0.15) is 9.90 Å². The van der Waals surface area contributed by atoms with Crippen LogP contribution >= 0.6 is 0 Å². The minimum Gasteiger partial charge on any atom is -0.259 e. The van der Waals surface area contributed by atoms with Crippen LogP contribution in [-0.4, -0.2) is 39.8 Å². The summed E-state index contributed by atoms with van der Waals surface area (Å²) in [6.07, 6.45) is 5.47. The first-order valence-corrected chi connectivity index (χ1v) is 11.3. The van der Waals surface area contributed by atoms with Gasteiger partial charge in [0.1, 0.15) is 6.54 Å². The molecule has 8 heteroatoms. The molecule has 2 aromatic carbocycles. The molecule has 4 aromatic heterocycles. The molecule has 6 rings (SSSR count). The van der Waals surface area contributed by atoms with Crippen LogP contribution in [-0.2, 0) is 6.54 Å². The average molecular weight is 459 g/mol. The molecule has 0 unspecified atom stereocenters. The highest BCUT2D eigenvalue weighted by Crippen LogP contribution is 2.29. The molecule has 0 bridgehead atoms. The van der Waals surface area contributed by atoms with Gasteiger partial charge in [0.25, 0.3) is 0 Å². The Bertz CT molecular complexity index is 1630. The van der Waals surface area contributed by atoms with Gasteiger partial charge in [0.15, 0.2) is 5.65 Å². The molecule has 0 N–H and O–H groups in total. The molecule has 170 valence electrons. The first-order chi connectivity index (χ1) is 17.1. The summed E-state index contributed by atoms with van der Waals surface area (Å²) in [6, 6.07) is 22.3. The third-order valence-electron chi connectivity index (χ3n) is 5.83. The van der Waals surface area contributed by atoms with E-state index in [4.69, 9.17) is 0 Å². The van der Waals surface area contributed by atoms with Gasteiger partial charge in [-0.15, -0.1) is 10.2 Å². The first kappa shape index (κ1) is 20.9. The standard InChI is InChI=1S/C27H22N8/c1-18-12-19(2)14-22(13-18)24-16-30-35-25(9-11-29-27(24)35)20-6-5-7-21(15-20)26-31-33-34(32-26)17-23-8-3-4-10-28-23/h3-16H,17H2,1-2H3. The number of aryl methyl sites for hydroxylation is 2. The minimum absolute atomic E-state index is 0.465. The molecule has 0 atom stereocenters. The molecule has 0 saturated carbocycles. The summed E-state index contributed by atoms with van der Waals surface area (Å²) in [4.78, 5) is 10.5. The van der Waals surface area contributed by atoms with E-state index in [0.29, 0.717) is 12.4 Å². The Hall–Kier alpha value is -4.72. The van der Waals surface area contributed by atoms with Gasteiger partial charge < -0.3 is 0 Å². The van der Waals surface area contributed by atoms with Crippen LogP contribution in [0.15, 0.2) is 85.3 Å². The van der Waals surface area contributed by atoms with Gasteiger partial charge in [0.05, 0.1) is 17.6 Å². The minimum atomic E-state index is 0.465. The van der Waals surface area contributed by atoms with Crippen molar-refractivity contribution in [1.29, 1.82) is 0 Å². The quantitative estimate of drug-likeness (QED) is 0.370. The molecule has 0 radical (unpaired) electrons. The van der Waals surface area contributed by atoms with Gasteiger partial charge in [-0.25, -0.2) is 9.50 Å². The number of hydrogen-bond acceptors (Lipinski definition) is 6. The number of rotatable bonds is 5. The van der Waals surface area contributed by atoms with E-state index in [-0.39, 0.29) is 0 Å². The van der Waals surface area contributed by atoms with E-state index in [0.717, 1.165) is 39.3 Å². The van der Waals surface area contributed by atoms with Crippen LogP contribution in [0.3, 0.4) is 0 Å². The topological polar surface area (TPSA) is 86.7 Å². The maximum Gasteiger partial charge on any atom is 0.204 e. The number of aromatic nitrogens is 8. The summed E-state index contributed by atoms with van der Waals surface area (Å²) in [6.45, 7) is 4.67. The molecule has 0 aliphatic carbocycles. The fourth-order valence-electron chi connectivity index (χ4n) is 4.32. The lowest BCUT2D eigenvalue weighted by atomic mass is 10.0. The number of benzene rings is 2. The molecular formula is C27H22N8. The molecule has 0 spiro atoms. The fraction of sp³-hybridized carbons (Fsp3) is 0.111. The number of hydrogen-bond donors (Lipinski definition) is 0. The molecule has 0 aliphatic rings. The predicted molar refractivity (Wildman–Crippen MR) is 133 cm³/mol. The average Bonchev–Trinajstić information content (AvgIpc) is 3.51. The van der Waals surface area contributed by atoms with Crippen LogP contribution in [0.5, 0.6) is 0 Å². The van der Waals surface area contributed by atoms with Crippen molar-refractivity contribution in [2.24, 2.45) is 0 Å². The normalized spacial score (nSPS) is 11.3. The van der Waals surface area contributed by atoms with E-state index < -0.39 is 0 Å². The molecular weight excluding hydrogens is 436 g/mol. The van der Waals surface area contributed by atoms with Gasteiger partial charge in [-0.1, -0.05) is 53.6 Å². The first-order valence-electron chi connectivity index (χ1n) is 11.3. The molecule has 0 fully saturated rings. The third kappa shape index (κ3) is 4.06. The van der Waals surface area contributed by atoms with E-state index in [1.54, 1.807) is 11.0 Å². The lowest BCUT2D eigenvalue weighted by Gasteiger charge is -2.07. The van der Waals surface area contributed by atoms with Crippen LogP contribution in [0.1, 0.15) is 16.8 Å². The second kappa shape index (κ2) is 8.57. The molecule has 8 nitrogen and oxygen atoms in total. The van der Waals surface area contributed by atoms with E-state index in [1.165, 1.54) is 11.1 Å². The van der Waals surface area contributed by atoms with Crippen LogP contribution in [0.4, 0.5) is 0 Å². The van der Waals surface area contributed by atoms with Crippen molar-refractivity contribution in [3.8, 4) is 33.8 Å². The zero-order valence-corrected chi connectivity index (χ0v) is 19.4. The predicted octanol–water partition coefficient (Wildman–Crippen LogP) is 4.78. The van der Waals surface area contributed by atoms with Crippen molar-refractivity contribution < 1.29 is 0 Å². The van der Waals surface area contributed by atoms with Crippen molar-refractivity contribution in [3.05, 3.63) is 102 Å². The second-order valence-corrected chi connectivity index (χ2v) is 8.55. The molecule has 0 aliphatic heterocycles. The summed E-state index contributed by atoms with van der Waals surface area (Å²) in [7, 11) is 0. The summed E-state index contributed by atoms with van der Waals surface area (Å²) >= 11 is 0. The molecule has 0 amide bonds. The largest absolute Gasteiger partial charge is 0.259 e. The Morgan fingerprint density at radius 2 is 1.63 bits per heavy atom. The lowest BCUT2D eigenvalue weighted by molar-refractivity contribution is 0.564. The van der Waals surface area contributed by atoms with Crippen molar-refractivity contribution in [2.75, 3.05) is 0 Å². The van der Waals surface area contributed by atoms with Crippen LogP contribution in [0, 0.1) is 13.8 Å². The van der Waals surface area contributed by atoms with Gasteiger partial charge >= 0.3 is 0 Å². The number of fused-ring (bicyclic) bond motifs is 1. The molecule has 0 saturated heterocycles. The van der Waals surface area contributed by atoms with E-state index in [2.05, 4.69) is 74.7 Å². The SMILES string of the molecule is Cc1cc(C)cc(-c2cnn3c(-c4cccc(-c5nnn(Cc6ccccn6)n5)c4)ccnc23)c1. The van der Waals surface area contributed by atoms with Crippen molar-refractivity contribution in [2.45, 2.75) is 20.4 Å². The Morgan fingerprint density at radius 1 is 0.771 bits per heavy atom. The highest BCUT2D eigenvalue weighted by atomic mass is 15.6. The summed E-state index contributed by atoms with van der Waals surface area (Å²) in [5, 5.41) is 17.7. The summed E-state index contributed by atoms with van der Waals surface area (Å²) < 4.78 is 1.89. The van der Waals surface area contributed by atoms with E-state index in [1.807, 2.05) is 53.3 Å². The van der Waals surface area contributed by atoms with Crippen molar-refractivity contribution in [1.82, 2.24) is 39.8 Å².